The van der Waals surface area contributed by atoms with E-state index < -0.39 is 0 Å². The maximum Gasteiger partial charge on any atom is 0.265 e. The van der Waals surface area contributed by atoms with E-state index in [1.54, 1.807) is 22.8 Å². The number of nitrogens with zero attached hydrogens (tertiary/aromatic N) is 4. The largest absolute Gasteiger partial charge is 0.337 e. The first kappa shape index (κ1) is 20.9. The number of carbonyl (C=O) groups is 1. The molecule has 22 heavy (non-hydrogen) atoms. The van der Waals surface area contributed by atoms with E-state index in [0.717, 1.165) is 16.3 Å². The number of aryl methyl sites for hydroxylation is 2. The molecule has 9 heteroatoms. The van der Waals surface area contributed by atoms with Gasteiger partial charge in [-0.25, -0.2) is 4.98 Å². The zero-order chi connectivity index (χ0) is 14.9. The van der Waals surface area contributed by atoms with Crippen LogP contribution in [0, 0.1) is 6.92 Å². The third-order valence-corrected chi connectivity index (χ3v) is 4.46. The molecule has 0 bridgehead atoms. The second kappa shape index (κ2) is 8.47. The molecule has 0 fully saturated rings. The molecule has 2 rings (SSSR count). The molecule has 0 saturated carbocycles. The van der Waals surface area contributed by atoms with Crippen LogP contribution in [0.3, 0.4) is 0 Å². The van der Waals surface area contributed by atoms with Gasteiger partial charge in [-0.15, -0.1) is 36.2 Å². The SMILES string of the molecule is Cc1nc(-c2cnn(C)c2)sc1C(=O)N(C)C(C)CN.Cl.Cl. The van der Waals surface area contributed by atoms with Crippen molar-refractivity contribution in [2.75, 3.05) is 13.6 Å². The normalized spacial score (nSPS) is 11.3. The average Bonchev–Trinajstić information content (AvgIpc) is 3.02. The molecule has 1 amide bonds. The second-order valence-electron chi connectivity index (χ2n) is 4.84. The minimum atomic E-state index is -0.0342. The van der Waals surface area contributed by atoms with Crippen molar-refractivity contribution in [2.24, 2.45) is 12.8 Å². The van der Waals surface area contributed by atoms with E-state index in [9.17, 15) is 4.79 Å². The van der Waals surface area contributed by atoms with Gasteiger partial charge in [0, 0.05) is 38.4 Å². The fourth-order valence-corrected chi connectivity index (χ4v) is 2.79. The molecular formula is C13H21Cl2N5OS. The van der Waals surface area contributed by atoms with Gasteiger partial charge in [-0.1, -0.05) is 0 Å². The first-order valence-electron chi connectivity index (χ1n) is 6.37. The molecule has 0 saturated heterocycles. The maximum atomic E-state index is 12.4. The summed E-state index contributed by atoms with van der Waals surface area (Å²) >= 11 is 1.39. The molecule has 2 aromatic rings. The van der Waals surface area contributed by atoms with Crippen LogP contribution in [-0.2, 0) is 7.05 Å². The minimum absolute atomic E-state index is 0. The lowest BCUT2D eigenvalue weighted by Crippen LogP contribution is -2.39. The van der Waals surface area contributed by atoms with E-state index in [4.69, 9.17) is 5.73 Å². The number of thiazole rings is 1. The molecule has 0 aromatic carbocycles. The third kappa shape index (κ3) is 4.19. The fraction of sp³-hybridized carbons (Fsp3) is 0.462. The number of rotatable bonds is 4. The number of halogens is 2. The molecule has 0 radical (unpaired) electrons. The molecule has 2 heterocycles. The lowest BCUT2D eigenvalue weighted by Gasteiger charge is -2.23. The highest BCUT2D eigenvalue weighted by Gasteiger charge is 2.22. The maximum absolute atomic E-state index is 12.4. The summed E-state index contributed by atoms with van der Waals surface area (Å²) in [5.74, 6) is -0.0342. The van der Waals surface area contributed by atoms with Crippen LogP contribution in [0.25, 0.3) is 10.6 Å². The molecule has 124 valence electrons. The summed E-state index contributed by atoms with van der Waals surface area (Å²) in [5, 5.41) is 4.94. The molecule has 1 unspecified atom stereocenters. The van der Waals surface area contributed by atoms with Gasteiger partial charge in [0.2, 0.25) is 0 Å². The predicted molar refractivity (Wildman–Crippen MR) is 94.2 cm³/mol. The first-order valence-corrected chi connectivity index (χ1v) is 7.19. The molecule has 2 N–H and O–H groups in total. The van der Waals surface area contributed by atoms with Gasteiger partial charge in [0.05, 0.1) is 11.9 Å². The average molecular weight is 366 g/mol. The van der Waals surface area contributed by atoms with Crippen molar-refractivity contribution in [3.63, 3.8) is 0 Å². The molecule has 1 atom stereocenters. The smallest absolute Gasteiger partial charge is 0.265 e. The molecule has 2 aromatic heterocycles. The lowest BCUT2D eigenvalue weighted by atomic mass is 10.2. The lowest BCUT2D eigenvalue weighted by molar-refractivity contribution is 0.0752. The summed E-state index contributed by atoms with van der Waals surface area (Å²) in [7, 11) is 3.62. The Labute approximate surface area is 146 Å². The number of nitrogens with two attached hydrogens (primary N) is 1. The van der Waals surface area contributed by atoms with Crippen LogP contribution < -0.4 is 5.73 Å². The molecular weight excluding hydrogens is 345 g/mol. The van der Waals surface area contributed by atoms with Crippen molar-refractivity contribution >= 4 is 42.1 Å². The molecule has 0 aliphatic heterocycles. The Morgan fingerprint density at radius 1 is 1.50 bits per heavy atom. The Morgan fingerprint density at radius 3 is 2.64 bits per heavy atom. The highest BCUT2D eigenvalue weighted by atomic mass is 35.5. The standard InChI is InChI=1S/C13H19N5OS.2ClH/c1-8(5-14)18(4)13(19)11-9(2)16-12(20-11)10-6-15-17(3)7-10;;/h6-8H,5,14H2,1-4H3;2*1H. The molecule has 0 spiro atoms. The number of amides is 1. The Balaban J connectivity index is 0.00000220. The molecule has 0 aliphatic rings. The van der Waals surface area contributed by atoms with Crippen molar-refractivity contribution in [3.05, 3.63) is 23.0 Å². The van der Waals surface area contributed by atoms with Gasteiger partial charge in [0.15, 0.2) is 0 Å². The summed E-state index contributed by atoms with van der Waals surface area (Å²) < 4.78 is 1.72. The highest BCUT2D eigenvalue weighted by Crippen LogP contribution is 2.28. The van der Waals surface area contributed by atoms with Crippen LogP contribution >= 0.6 is 36.2 Å². The van der Waals surface area contributed by atoms with Crippen molar-refractivity contribution in [1.29, 1.82) is 0 Å². The minimum Gasteiger partial charge on any atom is -0.337 e. The molecule has 0 aliphatic carbocycles. The van der Waals surface area contributed by atoms with E-state index >= 15 is 0 Å². The zero-order valence-corrected chi connectivity index (χ0v) is 15.4. The highest BCUT2D eigenvalue weighted by molar-refractivity contribution is 7.17. The van der Waals surface area contributed by atoms with Crippen LogP contribution in [0.15, 0.2) is 12.4 Å². The first-order chi connectivity index (χ1) is 9.43. The van der Waals surface area contributed by atoms with Gasteiger partial charge in [0.25, 0.3) is 5.91 Å². The predicted octanol–water partition coefficient (Wildman–Crippen LogP) is 2.11. The van der Waals surface area contributed by atoms with Crippen LogP contribution in [0.4, 0.5) is 0 Å². The van der Waals surface area contributed by atoms with Crippen LogP contribution in [0.5, 0.6) is 0 Å². The third-order valence-electron chi connectivity index (χ3n) is 3.27. The van der Waals surface area contributed by atoms with Crippen LogP contribution in [-0.4, -0.2) is 45.2 Å². The molecule has 6 nitrogen and oxygen atoms in total. The van der Waals surface area contributed by atoms with E-state index in [1.165, 1.54) is 11.3 Å². The number of hydrogen-bond acceptors (Lipinski definition) is 5. The Morgan fingerprint density at radius 2 is 2.14 bits per heavy atom. The fourth-order valence-electron chi connectivity index (χ4n) is 1.77. The van der Waals surface area contributed by atoms with Gasteiger partial charge in [-0.2, -0.15) is 5.10 Å². The summed E-state index contributed by atoms with van der Waals surface area (Å²) in [6.45, 7) is 4.22. The number of likely N-dealkylation sites (N-methyl/N-ethyl adjacent to an activating group) is 1. The second-order valence-corrected chi connectivity index (χ2v) is 5.84. The van der Waals surface area contributed by atoms with E-state index in [0.29, 0.717) is 11.4 Å². The topological polar surface area (TPSA) is 77.0 Å². The van der Waals surface area contributed by atoms with Gasteiger partial charge in [0.1, 0.15) is 9.88 Å². The number of carbonyl (C=O) groups excluding carboxylic acids is 1. The van der Waals surface area contributed by atoms with Gasteiger partial charge < -0.3 is 10.6 Å². The van der Waals surface area contributed by atoms with Crippen molar-refractivity contribution in [3.8, 4) is 10.6 Å². The summed E-state index contributed by atoms with van der Waals surface area (Å²) in [4.78, 5) is 19.2. The van der Waals surface area contributed by atoms with E-state index in [-0.39, 0.29) is 36.8 Å². The number of aromatic nitrogens is 3. The number of hydrogen-bond donors (Lipinski definition) is 1. The van der Waals surface area contributed by atoms with E-state index in [1.807, 2.05) is 27.1 Å². The van der Waals surface area contributed by atoms with Crippen molar-refractivity contribution in [2.45, 2.75) is 19.9 Å². The summed E-state index contributed by atoms with van der Waals surface area (Å²) in [5.41, 5.74) is 7.28. The van der Waals surface area contributed by atoms with Crippen molar-refractivity contribution in [1.82, 2.24) is 19.7 Å². The van der Waals surface area contributed by atoms with Gasteiger partial charge in [-0.3, -0.25) is 9.48 Å². The van der Waals surface area contributed by atoms with Gasteiger partial charge in [-0.05, 0) is 13.8 Å². The van der Waals surface area contributed by atoms with Crippen LogP contribution in [0.2, 0.25) is 0 Å². The van der Waals surface area contributed by atoms with Crippen molar-refractivity contribution < 1.29 is 4.79 Å². The van der Waals surface area contributed by atoms with E-state index in [2.05, 4.69) is 10.1 Å². The van der Waals surface area contributed by atoms with Gasteiger partial charge >= 0.3 is 0 Å². The Kier molecular flexibility index (Phi) is 8.03. The monoisotopic (exact) mass is 365 g/mol. The quantitative estimate of drug-likeness (QED) is 0.899. The summed E-state index contributed by atoms with van der Waals surface area (Å²) in [6, 6.07) is 0.00541. The Bertz CT molecular complexity index is 628. The Hall–Kier alpha value is -1.15. The van der Waals surface area contributed by atoms with Crippen LogP contribution in [0.1, 0.15) is 22.3 Å². The summed E-state index contributed by atoms with van der Waals surface area (Å²) in [6.07, 6.45) is 3.64. The zero-order valence-electron chi connectivity index (χ0n) is 12.9.